The predicted octanol–water partition coefficient (Wildman–Crippen LogP) is 13.5. The second kappa shape index (κ2) is 11.2. The quantitative estimate of drug-likeness (QED) is 0.170. The first kappa shape index (κ1) is 29.1. The molecule has 0 aromatic heterocycles. The first-order valence-corrected chi connectivity index (χ1v) is 18.1. The van der Waals surface area contributed by atoms with Gasteiger partial charge < -0.3 is 4.90 Å². The van der Waals surface area contributed by atoms with Crippen molar-refractivity contribution in [3.8, 4) is 33.4 Å². The van der Waals surface area contributed by atoms with Crippen LogP contribution in [-0.4, -0.2) is 0 Å². The van der Waals surface area contributed by atoms with Crippen LogP contribution < -0.4 is 4.90 Å². The average molecular weight is 660 g/mol. The lowest BCUT2D eigenvalue weighted by Gasteiger charge is -2.32. The molecule has 2 aliphatic carbocycles. The van der Waals surface area contributed by atoms with Crippen LogP contribution in [0.15, 0.2) is 200 Å². The molecule has 0 N–H and O–H groups in total. The lowest BCUT2D eigenvalue weighted by atomic mass is 9.70. The van der Waals surface area contributed by atoms with Crippen molar-refractivity contribution in [3.63, 3.8) is 0 Å². The van der Waals surface area contributed by atoms with E-state index in [1.165, 1.54) is 88.6 Å². The molecule has 52 heavy (non-hydrogen) atoms. The monoisotopic (exact) mass is 659 g/mol. The molecule has 0 aliphatic heterocycles. The van der Waals surface area contributed by atoms with E-state index in [2.05, 4.69) is 205 Å². The highest BCUT2D eigenvalue weighted by Gasteiger charge is 2.52. The molecule has 9 aromatic rings. The van der Waals surface area contributed by atoms with Gasteiger partial charge in [-0.15, -0.1) is 0 Å². The molecule has 0 saturated carbocycles. The van der Waals surface area contributed by atoms with Gasteiger partial charge in [0.05, 0.1) is 16.8 Å². The van der Waals surface area contributed by atoms with Crippen LogP contribution in [0.4, 0.5) is 17.1 Å². The van der Waals surface area contributed by atoms with Crippen molar-refractivity contribution >= 4 is 38.6 Å². The second-order valence-corrected chi connectivity index (χ2v) is 14.0. The number of benzene rings is 9. The van der Waals surface area contributed by atoms with Crippen molar-refractivity contribution < 1.29 is 0 Å². The molecular weight excluding hydrogens is 627 g/mol. The largest absolute Gasteiger partial charge is 0.309 e. The Hall–Kier alpha value is -6.70. The molecule has 1 spiro atoms. The zero-order valence-electron chi connectivity index (χ0n) is 28.5. The fraction of sp³-hybridized carbons (Fsp3) is 0.0196. The maximum atomic E-state index is 2.53. The van der Waals surface area contributed by atoms with Crippen molar-refractivity contribution in [2.75, 3.05) is 4.90 Å². The number of anilines is 3. The van der Waals surface area contributed by atoms with Crippen molar-refractivity contribution in [2.45, 2.75) is 5.41 Å². The first-order chi connectivity index (χ1) is 25.8. The normalized spacial score (nSPS) is 13.2. The number of fused-ring (bicyclic) bond motifs is 13. The van der Waals surface area contributed by atoms with Crippen LogP contribution in [0.1, 0.15) is 22.3 Å². The summed E-state index contributed by atoms with van der Waals surface area (Å²) in [6.45, 7) is 0. The molecule has 0 unspecified atom stereocenters. The van der Waals surface area contributed by atoms with Crippen LogP contribution >= 0.6 is 0 Å². The molecule has 9 aromatic carbocycles. The lowest BCUT2D eigenvalue weighted by molar-refractivity contribution is 0.794. The Bertz CT molecular complexity index is 2820. The minimum atomic E-state index is -0.419. The molecule has 11 rings (SSSR count). The Kier molecular flexibility index (Phi) is 6.23. The van der Waals surface area contributed by atoms with Gasteiger partial charge >= 0.3 is 0 Å². The van der Waals surface area contributed by atoms with Crippen LogP contribution in [0.2, 0.25) is 0 Å². The standard InChI is InChI=1S/C51H33N/c1-2-16-34(17-3-1)35-19-14-20-37(32-35)52(49-33-36-18-4-5-21-38(36)39-22-6-7-25-42(39)49)48-31-15-30-47-50(48)43-26-10-13-29-46(43)51(47)44-27-11-8-23-40(44)41-24-9-12-28-45(41)51/h1-33H. The molecule has 0 heterocycles. The molecule has 0 radical (unpaired) electrons. The molecule has 1 nitrogen and oxygen atoms in total. The van der Waals surface area contributed by atoms with E-state index in [1.807, 2.05) is 0 Å². The molecule has 0 bridgehead atoms. The highest BCUT2D eigenvalue weighted by Crippen LogP contribution is 2.64. The SMILES string of the molecule is c1ccc(-c2cccc(N(c3cccc4c3-c3ccccc3C43c4ccccc4-c4ccccc43)c3cc4ccccc4c4ccccc34)c2)cc1. The highest BCUT2D eigenvalue weighted by atomic mass is 15.1. The molecule has 0 atom stereocenters. The summed E-state index contributed by atoms with van der Waals surface area (Å²) in [5, 5.41) is 4.97. The predicted molar refractivity (Wildman–Crippen MR) is 218 cm³/mol. The van der Waals surface area contributed by atoms with Crippen molar-refractivity contribution in [1.29, 1.82) is 0 Å². The van der Waals surface area contributed by atoms with E-state index in [-0.39, 0.29) is 0 Å². The molecule has 1 heteroatoms. The minimum absolute atomic E-state index is 0.419. The van der Waals surface area contributed by atoms with Gasteiger partial charge in [-0.1, -0.05) is 176 Å². The summed E-state index contributed by atoms with van der Waals surface area (Å²) in [4.78, 5) is 2.53. The van der Waals surface area contributed by atoms with E-state index < -0.39 is 5.41 Å². The Balaban J connectivity index is 1.27. The van der Waals surface area contributed by atoms with Crippen LogP contribution in [0.25, 0.3) is 54.9 Å². The van der Waals surface area contributed by atoms with Gasteiger partial charge in [0.25, 0.3) is 0 Å². The van der Waals surface area contributed by atoms with E-state index in [1.54, 1.807) is 0 Å². The van der Waals surface area contributed by atoms with E-state index in [0.717, 1.165) is 5.69 Å². The Labute approximate surface area is 303 Å². The molecule has 242 valence electrons. The molecule has 2 aliphatic rings. The third kappa shape index (κ3) is 3.94. The zero-order chi connectivity index (χ0) is 34.2. The van der Waals surface area contributed by atoms with Crippen LogP contribution in [0.5, 0.6) is 0 Å². The Morgan fingerprint density at radius 1 is 0.327 bits per heavy atom. The van der Waals surface area contributed by atoms with Gasteiger partial charge in [-0.05, 0) is 90.5 Å². The van der Waals surface area contributed by atoms with Crippen molar-refractivity contribution in [2.24, 2.45) is 0 Å². The minimum Gasteiger partial charge on any atom is -0.309 e. The molecule has 0 saturated heterocycles. The van der Waals surface area contributed by atoms with Gasteiger partial charge in [0.15, 0.2) is 0 Å². The van der Waals surface area contributed by atoms with E-state index in [0.29, 0.717) is 0 Å². The summed E-state index contributed by atoms with van der Waals surface area (Å²) < 4.78 is 0. The van der Waals surface area contributed by atoms with Crippen LogP contribution in [0.3, 0.4) is 0 Å². The summed E-state index contributed by atoms with van der Waals surface area (Å²) in [6.07, 6.45) is 0. The second-order valence-electron chi connectivity index (χ2n) is 14.0. The Morgan fingerprint density at radius 2 is 0.865 bits per heavy atom. The number of rotatable bonds is 4. The topological polar surface area (TPSA) is 3.24 Å². The molecule has 0 fully saturated rings. The van der Waals surface area contributed by atoms with Crippen molar-refractivity contribution in [3.05, 3.63) is 222 Å². The number of hydrogen-bond acceptors (Lipinski definition) is 1. The third-order valence-corrected chi connectivity index (χ3v) is 11.4. The maximum Gasteiger partial charge on any atom is 0.0726 e. The van der Waals surface area contributed by atoms with Gasteiger partial charge in [0.2, 0.25) is 0 Å². The number of hydrogen-bond donors (Lipinski definition) is 0. The smallest absolute Gasteiger partial charge is 0.0726 e. The maximum absolute atomic E-state index is 2.53. The molecule has 0 amide bonds. The third-order valence-electron chi connectivity index (χ3n) is 11.4. The van der Waals surface area contributed by atoms with Gasteiger partial charge in [-0.2, -0.15) is 0 Å². The highest BCUT2D eigenvalue weighted by molar-refractivity contribution is 6.15. The fourth-order valence-corrected chi connectivity index (χ4v) is 9.39. The van der Waals surface area contributed by atoms with Gasteiger partial charge in [-0.3, -0.25) is 0 Å². The first-order valence-electron chi connectivity index (χ1n) is 18.1. The summed E-state index contributed by atoms with van der Waals surface area (Å²) in [6, 6.07) is 74.1. The Morgan fingerprint density at radius 3 is 1.62 bits per heavy atom. The average Bonchev–Trinajstić information content (AvgIpc) is 3.69. The number of nitrogens with zero attached hydrogens (tertiary/aromatic N) is 1. The van der Waals surface area contributed by atoms with Crippen molar-refractivity contribution in [1.82, 2.24) is 0 Å². The lowest BCUT2D eigenvalue weighted by Crippen LogP contribution is -2.26. The van der Waals surface area contributed by atoms with E-state index in [9.17, 15) is 0 Å². The van der Waals surface area contributed by atoms with Gasteiger partial charge in [0, 0.05) is 16.6 Å². The van der Waals surface area contributed by atoms with Gasteiger partial charge in [0.1, 0.15) is 0 Å². The fourth-order valence-electron chi connectivity index (χ4n) is 9.39. The van der Waals surface area contributed by atoms with Crippen LogP contribution in [0, 0.1) is 0 Å². The van der Waals surface area contributed by atoms with Crippen LogP contribution in [-0.2, 0) is 5.41 Å². The summed E-state index contributed by atoms with van der Waals surface area (Å²) >= 11 is 0. The van der Waals surface area contributed by atoms with E-state index >= 15 is 0 Å². The summed E-state index contributed by atoms with van der Waals surface area (Å²) in [7, 11) is 0. The summed E-state index contributed by atoms with van der Waals surface area (Å²) in [5.41, 5.74) is 16.0. The zero-order valence-corrected chi connectivity index (χ0v) is 28.5. The summed E-state index contributed by atoms with van der Waals surface area (Å²) in [5.74, 6) is 0. The molecular formula is C51H33N. The van der Waals surface area contributed by atoms with E-state index in [4.69, 9.17) is 0 Å². The van der Waals surface area contributed by atoms with Gasteiger partial charge in [-0.25, -0.2) is 0 Å².